The average molecular weight is 258 g/mol. The van der Waals surface area contributed by atoms with Gasteiger partial charge in [0, 0.05) is 5.56 Å². The highest BCUT2D eigenvalue weighted by Crippen LogP contribution is 2.13. The molecule has 0 aliphatic rings. The number of benzene rings is 1. The predicted octanol–water partition coefficient (Wildman–Crippen LogP) is 0.887. The van der Waals surface area contributed by atoms with E-state index in [2.05, 4.69) is 19.2 Å². The third-order valence-electron chi connectivity index (χ3n) is 2.57. The Balaban J connectivity index is 2.56. The first-order valence-electron chi connectivity index (χ1n) is 5.72. The number of nitrogens with two attached hydrogens (primary N) is 1. The Bertz CT molecular complexity index is 439. The maximum atomic E-state index is 10.9. The molecule has 0 saturated heterocycles. The third kappa shape index (κ3) is 5.70. The second-order valence-corrected chi connectivity index (χ2v) is 5.83. The molecule has 0 amide bonds. The van der Waals surface area contributed by atoms with E-state index >= 15 is 0 Å². The van der Waals surface area contributed by atoms with Crippen LogP contribution in [0.1, 0.15) is 25.8 Å². The highest BCUT2D eigenvalue weighted by molar-refractivity contribution is 7.86. The van der Waals surface area contributed by atoms with Gasteiger partial charge in [-0.3, -0.25) is 0 Å². The molecule has 5 heteroatoms. The van der Waals surface area contributed by atoms with E-state index in [0.717, 1.165) is 24.8 Å². The molecule has 1 atom stereocenters. The summed E-state index contributed by atoms with van der Waals surface area (Å²) < 4.78 is 26.6. The third-order valence-corrected chi connectivity index (χ3v) is 3.07. The van der Waals surface area contributed by atoms with Crippen LogP contribution in [-0.2, 0) is 16.7 Å². The van der Waals surface area contributed by atoms with E-state index in [1.54, 1.807) is 12.1 Å². The molecule has 0 fully saturated rings. The molecule has 0 spiro atoms. The zero-order valence-corrected chi connectivity index (χ0v) is 11.3. The van der Waals surface area contributed by atoms with Crippen LogP contribution in [0.2, 0.25) is 0 Å². The zero-order valence-electron chi connectivity index (χ0n) is 10.5. The van der Waals surface area contributed by atoms with Crippen LogP contribution in [0.4, 0.5) is 0 Å². The first kappa shape index (κ1) is 14.0. The fourth-order valence-electron chi connectivity index (χ4n) is 1.36. The molecule has 0 bridgehead atoms. The first-order valence-corrected chi connectivity index (χ1v) is 7.54. The number of hydrogen-bond donors (Lipinski definition) is 1. The van der Waals surface area contributed by atoms with Gasteiger partial charge in [-0.05, 0) is 37.6 Å². The molecule has 0 aliphatic heterocycles. The van der Waals surface area contributed by atoms with E-state index in [1.165, 1.54) is 0 Å². The molecule has 1 aromatic carbocycles. The van der Waals surface area contributed by atoms with E-state index in [-0.39, 0.29) is 0 Å². The van der Waals surface area contributed by atoms with Crippen LogP contribution >= 0.6 is 0 Å². The van der Waals surface area contributed by atoms with Gasteiger partial charge in [-0.15, -0.1) is 0 Å². The zero-order chi connectivity index (χ0) is 12.9. The molecule has 0 heterocycles. The monoisotopic (exact) mass is 258 g/mol. The van der Waals surface area contributed by atoms with E-state index in [0.29, 0.717) is 11.8 Å². The maximum absolute atomic E-state index is 10.9. The molecular weight excluding hydrogens is 238 g/mol. The van der Waals surface area contributed by atoms with Gasteiger partial charge in [-0.1, -0.05) is 6.92 Å². The topological polar surface area (TPSA) is 60.0 Å². The van der Waals surface area contributed by atoms with Crippen LogP contribution in [0.3, 0.4) is 0 Å². The SMILES string of the molecule is CC[C@@H](C)[NH2+]Cc1ccc(OS(C)(=O)=O)cc1. The Hall–Kier alpha value is -1.07. The largest absolute Gasteiger partial charge is 0.383 e. The second-order valence-electron chi connectivity index (χ2n) is 4.26. The summed E-state index contributed by atoms with van der Waals surface area (Å²) in [6, 6.07) is 7.74. The smallest absolute Gasteiger partial charge is 0.306 e. The van der Waals surface area contributed by atoms with E-state index in [1.807, 2.05) is 12.1 Å². The molecule has 96 valence electrons. The van der Waals surface area contributed by atoms with Gasteiger partial charge in [0.05, 0.1) is 12.3 Å². The van der Waals surface area contributed by atoms with E-state index in [9.17, 15) is 8.42 Å². The maximum Gasteiger partial charge on any atom is 0.306 e. The Labute approximate surface area is 103 Å². The minimum Gasteiger partial charge on any atom is -0.383 e. The normalized spacial score (nSPS) is 13.4. The van der Waals surface area contributed by atoms with E-state index < -0.39 is 10.1 Å². The number of quaternary nitrogens is 1. The molecule has 0 unspecified atom stereocenters. The van der Waals surface area contributed by atoms with Gasteiger partial charge in [0.25, 0.3) is 0 Å². The van der Waals surface area contributed by atoms with Gasteiger partial charge in [0.1, 0.15) is 12.3 Å². The molecule has 17 heavy (non-hydrogen) atoms. The Morgan fingerprint density at radius 3 is 2.35 bits per heavy atom. The first-order chi connectivity index (χ1) is 7.90. The number of rotatable bonds is 6. The van der Waals surface area contributed by atoms with Crippen molar-refractivity contribution in [3.63, 3.8) is 0 Å². The van der Waals surface area contributed by atoms with Crippen LogP contribution in [0, 0.1) is 0 Å². The van der Waals surface area contributed by atoms with Crippen molar-refractivity contribution < 1.29 is 17.9 Å². The predicted molar refractivity (Wildman–Crippen MR) is 67.3 cm³/mol. The Morgan fingerprint density at radius 1 is 1.29 bits per heavy atom. The van der Waals surface area contributed by atoms with Gasteiger partial charge in [0.2, 0.25) is 0 Å². The summed E-state index contributed by atoms with van der Waals surface area (Å²) in [6.07, 6.45) is 2.17. The van der Waals surface area contributed by atoms with Crippen molar-refractivity contribution >= 4 is 10.1 Å². The van der Waals surface area contributed by atoms with Crippen LogP contribution in [-0.4, -0.2) is 20.7 Å². The van der Waals surface area contributed by atoms with Gasteiger partial charge in [-0.25, -0.2) is 0 Å². The van der Waals surface area contributed by atoms with Crippen LogP contribution in [0.5, 0.6) is 5.75 Å². The fourth-order valence-corrected chi connectivity index (χ4v) is 1.82. The van der Waals surface area contributed by atoms with Crippen LogP contribution in [0.15, 0.2) is 24.3 Å². The highest BCUT2D eigenvalue weighted by Gasteiger charge is 2.05. The standard InChI is InChI=1S/C12H19NO3S/c1-4-10(2)13-9-11-5-7-12(8-6-11)16-17(3,14)15/h5-8,10,13H,4,9H2,1-3H3/p+1/t10-/m1/s1. The van der Waals surface area contributed by atoms with Crippen LogP contribution < -0.4 is 9.50 Å². The molecule has 4 nitrogen and oxygen atoms in total. The van der Waals surface area contributed by atoms with Crippen molar-refractivity contribution in [3.05, 3.63) is 29.8 Å². The Kier molecular flexibility index (Phi) is 4.96. The molecule has 0 aromatic heterocycles. The minimum atomic E-state index is -3.43. The van der Waals surface area contributed by atoms with Crippen molar-refractivity contribution in [2.45, 2.75) is 32.9 Å². The lowest BCUT2D eigenvalue weighted by Crippen LogP contribution is -2.87. The molecule has 2 N–H and O–H groups in total. The summed E-state index contributed by atoms with van der Waals surface area (Å²) in [7, 11) is -3.43. The highest BCUT2D eigenvalue weighted by atomic mass is 32.2. The second kappa shape index (κ2) is 6.02. The average Bonchev–Trinajstić information content (AvgIpc) is 2.25. The van der Waals surface area contributed by atoms with Gasteiger partial charge in [0.15, 0.2) is 0 Å². The fraction of sp³-hybridized carbons (Fsp3) is 0.500. The van der Waals surface area contributed by atoms with E-state index in [4.69, 9.17) is 4.18 Å². The summed E-state index contributed by atoms with van der Waals surface area (Å²) in [6.45, 7) is 5.24. The van der Waals surface area contributed by atoms with Crippen molar-refractivity contribution in [3.8, 4) is 5.75 Å². The molecular formula is C12H20NO3S+. The summed E-state index contributed by atoms with van der Waals surface area (Å²) >= 11 is 0. The summed E-state index contributed by atoms with van der Waals surface area (Å²) in [5.74, 6) is 0.361. The lowest BCUT2D eigenvalue weighted by atomic mass is 10.2. The molecule has 1 rings (SSSR count). The van der Waals surface area contributed by atoms with Crippen molar-refractivity contribution in [1.82, 2.24) is 0 Å². The lowest BCUT2D eigenvalue weighted by molar-refractivity contribution is -0.701. The molecule has 1 aromatic rings. The van der Waals surface area contributed by atoms with Gasteiger partial charge >= 0.3 is 10.1 Å². The van der Waals surface area contributed by atoms with Crippen molar-refractivity contribution in [2.24, 2.45) is 0 Å². The lowest BCUT2D eigenvalue weighted by Gasteiger charge is -2.08. The van der Waals surface area contributed by atoms with Crippen molar-refractivity contribution in [1.29, 1.82) is 0 Å². The van der Waals surface area contributed by atoms with Crippen LogP contribution in [0.25, 0.3) is 0 Å². The molecule has 0 radical (unpaired) electrons. The number of hydrogen-bond acceptors (Lipinski definition) is 3. The van der Waals surface area contributed by atoms with Gasteiger partial charge < -0.3 is 9.50 Å². The molecule has 0 aliphatic carbocycles. The summed E-state index contributed by atoms with van der Waals surface area (Å²) in [5, 5.41) is 2.26. The van der Waals surface area contributed by atoms with Crippen molar-refractivity contribution in [2.75, 3.05) is 6.26 Å². The molecule has 0 saturated carbocycles. The van der Waals surface area contributed by atoms with Gasteiger partial charge in [-0.2, -0.15) is 8.42 Å². The Morgan fingerprint density at radius 2 is 1.88 bits per heavy atom. The summed E-state index contributed by atoms with van der Waals surface area (Å²) in [4.78, 5) is 0. The minimum absolute atomic E-state index is 0.361. The quantitative estimate of drug-likeness (QED) is 0.771. The summed E-state index contributed by atoms with van der Waals surface area (Å²) in [5.41, 5.74) is 1.16.